The highest BCUT2D eigenvalue weighted by molar-refractivity contribution is 5.64. The molecule has 1 aromatic rings. The Morgan fingerprint density at radius 1 is 1.19 bits per heavy atom. The number of nitrogens with one attached hydrogen (secondary N) is 1. The van der Waals surface area contributed by atoms with Crippen LogP contribution in [0.2, 0.25) is 0 Å². The van der Waals surface area contributed by atoms with E-state index >= 15 is 0 Å². The maximum Gasteiger partial charge on any atom is 0.404 e. The molecule has 2 fully saturated rings. The highest BCUT2D eigenvalue weighted by Gasteiger charge is 2.34. The van der Waals surface area contributed by atoms with Crippen LogP contribution >= 0.6 is 0 Å². The molecule has 0 saturated carbocycles. The molecule has 2 heterocycles. The van der Waals surface area contributed by atoms with Crippen molar-refractivity contribution >= 4 is 6.09 Å². The Hall–Kier alpha value is -2.18. The number of fused-ring (bicyclic) bond motifs is 2. The number of rotatable bonds is 8. The number of nitrogens with zero attached hydrogens (tertiary/aromatic N) is 3. The Labute approximate surface area is 159 Å². The average molecular weight is 374 g/mol. The van der Waals surface area contributed by atoms with Crippen LogP contribution in [0.3, 0.4) is 0 Å². The van der Waals surface area contributed by atoms with Gasteiger partial charge in [-0.1, -0.05) is 12.1 Å². The van der Waals surface area contributed by atoms with Crippen molar-refractivity contribution in [1.29, 1.82) is 5.26 Å². The van der Waals surface area contributed by atoms with Crippen molar-refractivity contribution in [2.24, 2.45) is 0 Å². The molecule has 3 rings (SSSR count). The van der Waals surface area contributed by atoms with Gasteiger partial charge >= 0.3 is 6.09 Å². The van der Waals surface area contributed by atoms with E-state index < -0.39 is 6.09 Å². The van der Waals surface area contributed by atoms with E-state index in [1.807, 2.05) is 12.1 Å². The number of ether oxygens (including phenoxy) is 2. The van der Waals surface area contributed by atoms with Crippen molar-refractivity contribution < 1.29 is 19.4 Å². The van der Waals surface area contributed by atoms with Crippen molar-refractivity contribution in [3.8, 4) is 6.07 Å². The highest BCUT2D eigenvalue weighted by Crippen LogP contribution is 2.18. The third-order valence-electron chi connectivity index (χ3n) is 4.84. The quantitative estimate of drug-likeness (QED) is 0.647. The van der Waals surface area contributed by atoms with Crippen molar-refractivity contribution in [2.75, 3.05) is 52.4 Å². The summed E-state index contributed by atoms with van der Waals surface area (Å²) in [6.07, 6.45) is -0.641. The largest absolute Gasteiger partial charge is 0.465 e. The highest BCUT2D eigenvalue weighted by atomic mass is 16.5. The van der Waals surface area contributed by atoms with E-state index in [1.54, 1.807) is 12.1 Å². The number of carboxylic acid groups (broad SMARTS) is 1. The molecule has 0 aliphatic carbocycles. The van der Waals surface area contributed by atoms with E-state index in [4.69, 9.17) is 19.8 Å². The second-order valence-electron chi connectivity index (χ2n) is 6.99. The van der Waals surface area contributed by atoms with Crippen LogP contribution in [0, 0.1) is 11.3 Å². The average Bonchev–Trinajstić information content (AvgIpc) is 2.65. The van der Waals surface area contributed by atoms with Gasteiger partial charge in [-0.15, -0.1) is 0 Å². The van der Waals surface area contributed by atoms with Crippen molar-refractivity contribution in [3.05, 3.63) is 35.4 Å². The SMILES string of the molecule is N#Cc1ccc(COCCN2CC3CN(CCNC(=O)O)CC(C2)O3)cc1. The fourth-order valence-electron chi connectivity index (χ4n) is 3.61. The fraction of sp³-hybridized carbons (Fsp3) is 0.579. The topological polar surface area (TPSA) is 98.1 Å². The van der Waals surface area contributed by atoms with E-state index in [0.29, 0.717) is 25.3 Å². The lowest BCUT2D eigenvalue weighted by Gasteiger charge is -2.45. The van der Waals surface area contributed by atoms with Gasteiger partial charge in [-0.25, -0.2) is 4.79 Å². The van der Waals surface area contributed by atoms with E-state index in [0.717, 1.165) is 44.8 Å². The van der Waals surface area contributed by atoms with Crippen molar-refractivity contribution in [3.63, 3.8) is 0 Å². The van der Waals surface area contributed by atoms with E-state index in [1.165, 1.54) is 0 Å². The number of morpholine rings is 2. The third kappa shape index (κ3) is 6.19. The van der Waals surface area contributed by atoms with Crippen molar-refractivity contribution in [2.45, 2.75) is 18.8 Å². The molecule has 2 saturated heterocycles. The lowest BCUT2D eigenvalue weighted by molar-refractivity contribution is -0.140. The van der Waals surface area contributed by atoms with Crippen LogP contribution in [-0.2, 0) is 16.1 Å². The van der Waals surface area contributed by atoms with Crippen LogP contribution in [0.1, 0.15) is 11.1 Å². The number of hydrogen-bond donors (Lipinski definition) is 2. The monoisotopic (exact) mass is 374 g/mol. The molecule has 0 aromatic heterocycles. The van der Waals surface area contributed by atoms with Crippen molar-refractivity contribution in [1.82, 2.24) is 15.1 Å². The zero-order valence-corrected chi connectivity index (χ0v) is 15.3. The molecule has 2 unspecified atom stereocenters. The van der Waals surface area contributed by atoms with Crippen LogP contribution in [0.25, 0.3) is 0 Å². The van der Waals surface area contributed by atoms with Crippen LogP contribution in [0.15, 0.2) is 24.3 Å². The predicted molar refractivity (Wildman–Crippen MR) is 98.4 cm³/mol. The second kappa shape index (κ2) is 9.67. The summed E-state index contributed by atoms with van der Waals surface area (Å²) >= 11 is 0. The zero-order valence-electron chi connectivity index (χ0n) is 15.3. The van der Waals surface area contributed by atoms with Gasteiger partial charge in [0, 0.05) is 45.8 Å². The summed E-state index contributed by atoms with van der Waals surface area (Å²) < 4.78 is 11.8. The van der Waals surface area contributed by atoms with Gasteiger partial charge < -0.3 is 19.9 Å². The first-order chi connectivity index (χ1) is 13.1. The Kier molecular flexibility index (Phi) is 7.01. The molecule has 146 valence electrons. The van der Waals surface area contributed by atoms with E-state index in [2.05, 4.69) is 21.2 Å². The van der Waals surface area contributed by atoms with Crippen LogP contribution in [-0.4, -0.2) is 85.6 Å². The Morgan fingerprint density at radius 3 is 2.41 bits per heavy atom. The lowest BCUT2D eigenvalue weighted by atomic mass is 10.1. The lowest BCUT2D eigenvalue weighted by Crippen LogP contribution is -2.60. The molecular weight excluding hydrogens is 348 g/mol. The van der Waals surface area contributed by atoms with Crippen LogP contribution in [0.4, 0.5) is 4.79 Å². The standard InChI is InChI=1S/C19H26N4O4/c20-9-15-1-3-16(4-2-15)14-26-8-7-23-12-17-10-22(6-5-21-19(24)25)11-18(13-23)27-17/h1-4,17-18,21H,5-8,10-14H2,(H,24,25). The molecule has 2 aliphatic rings. The van der Waals surface area contributed by atoms with Gasteiger partial charge in [-0.3, -0.25) is 9.80 Å². The molecule has 8 heteroatoms. The maximum absolute atomic E-state index is 10.5. The van der Waals surface area contributed by atoms with Crippen LogP contribution in [0.5, 0.6) is 0 Å². The summed E-state index contributed by atoms with van der Waals surface area (Å²) in [6, 6.07) is 9.57. The molecule has 2 bridgehead atoms. The number of hydrogen-bond acceptors (Lipinski definition) is 6. The fourth-order valence-corrected chi connectivity index (χ4v) is 3.61. The predicted octanol–water partition coefficient (Wildman–Crippen LogP) is 0.727. The first-order valence-corrected chi connectivity index (χ1v) is 9.26. The molecular formula is C19H26N4O4. The third-order valence-corrected chi connectivity index (χ3v) is 4.84. The number of carbonyl (C=O) groups is 1. The van der Waals surface area contributed by atoms with Gasteiger partial charge in [0.25, 0.3) is 0 Å². The van der Waals surface area contributed by atoms with Gasteiger partial charge in [0.05, 0.1) is 37.1 Å². The summed E-state index contributed by atoms with van der Waals surface area (Å²) in [5.74, 6) is 0. The molecule has 2 N–H and O–H groups in total. The molecule has 2 atom stereocenters. The Morgan fingerprint density at radius 2 is 1.81 bits per heavy atom. The van der Waals surface area contributed by atoms with Gasteiger partial charge in [0.1, 0.15) is 0 Å². The minimum absolute atomic E-state index is 0.167. The number of benzene rings is 1. The number of amides is 1. The summed E-state index contributed by atoms with van der Waals surface area (Å²) in [6.45, 7) is 6.66. The molecule has 8 nitrogen and oxygen atoms in total. The molecule has 27 heavy (non-hydrogen) atoms. The van der Waals surface area contributed by atoms with E-state index in [9.17, 15) is 4.79 Å². The minimum atomic E-state index is -0.976. The molecule has 0 spiro atoms. The first kappa shape index (κ1) is 19.6. The first-order valence-electron chi connectivity index (χ1n) is 9.26. The Balaban J connectivity index is 1.33. The zero-order chi connectivity index (χ0) is 19.1. The normalized spacial score (nSPS) is 22.9. The second-order valence-corrected chi connectivity index (χ2v) is 6.99. The van der Waals surface area contributed by atoms with Gasteiger partial charge in [0.15, 0.2) is 0 Å². The van der Waals surface area contributed by atoms with Gasteiger partial charge in [0.2, 0.25) is 0 Å². The molecule has 1 aromatic carbocycles. The summed E-state index contributed by atoms with van der Waals surface area (Å²) in [4.78, 5) is 15.2. The molecule has 1 amide bonds. The summed E-state index contributed by atoms with van der Waals surface area (Å²) in [5.41, 5.74) is 1.73. The molecule has 2 aliphatic heterocycles. The van der Waals surface area contributed by atoms with Crippen LogP contribution < -0.4 is 5.32 Å². The summed E-state index contributed by atoms with van der Waals surface area (Å²) in [5, 5.41) is 19.9. The van der Waals surface area contributed by atoms with Gasteiger partial charge in [-0.05, 0) is 17.7 Å². The Bertz CT molecular complexity index is 647. The maximum atomic E-state index is 10.5. The smallest absolute Gasteiger partial charge is 0.404 e. The summed E-state index contributed by atoms with van der Waals surface area (Å²) in [7, 11) is 0. The van der Waals surface area contributed by atoms with E-state index in [-0.39, 0.29) is 12.2 Å². The minimum Gasteiger partial charge on any atom is -0.465 e. The van der Waals surface area contributed by atoms with Gasteiger partial charge in [-0.2, -0.15) is 5.26 Å². The molecule has 0 radical (unpaired) electrons. The number of nitriles is 1.